The van der Waals surface area contributed by atoms with Crippen LogP contribution in [0.15, 0.2) is 0 Å². The molecule has 1 atom stereocenters. The second-order valence-corrected chi connectivity index (χ2v) is 8.58. The molecular formula is C16H20Na2O19S. The monoisotopic (exact) mass is 594 g/mol. The van der Waals surface area contributed by atoms with Gasteiger partial charge in [-0.05, 0) is 0 Å². The standard InChI is InChI=1S/C16H18O19S.2Na.2H/c17-7(18)2-15(13(27)28,3-8(19)20)34-11(25)1-6(36(31,32)33)12(26)35-16(14(29)30,4-9(21)22)5-10(23)24;;;;/h6H,1-5H2,(H,17,18)(H,19,20)(H,21,22)(H,23,24)(H,27,28)(H,29,30)(H,31,32,33);;;;. The summed E-state index contributed by atoms with van der Waals surface area (Å²) in [5, 5.41) is 50.7. The van der Waals surface area contributed by atoms with Gasteiger partial charge in [0, 0.05) is 0 Å². The van der Waals surface area contributed by atoms with Crippen molar-refractivity contribution in [3.05, 3.63) is 0 Å². The molecule has 0 aromatic rings. The summed E-state index contributed by atoms with van der Waals surface area (Å²) in [6.07, 6.45) is -8.73. The molecule has 7 N–H and O–H groups in total. The summed E-state index contributed by atoms with van der Waals surface area (Å²) in [5.41, 5.74) is -6.78. The molecular weight excluding hydrogens is 574 g/mol. The number of hydrogen-bond acceptors (Lipinski definition) is 12. The Morgan fingerprint density at radius 3 is 1.13 bits per heavy atom. The van der Waals surface area contributed by atoms with Crippen molar-refractivity contribution >= 4 is 117 Å². The number of carbonyl (C=O) groups excluding carboxylic acids is 2. The molecule has 0 aromatic heterocycles. The molecule has 0 heterocycles. The van der Waals surface area contributed by atoms with Crippen molar-refractivity contribution in [1.29, 1.82) is 0 Å². The Kier molecular flexibility index (Phi) is 16.8. The van der Waals surface area contributed by atoms with Gasteiger partial charge in [-0.2, -0.15) is 8.42 Å². The molecule has 0 bridgehead atoms. The number of hydrogen-bond donors (Lipinski definition) is 7. The molecule has 0 amide bonds. The van der Waals surface area contributed by atoms with Crippen molar-refractivity contribution in [3.63, 3.8) is 0 Å². The Balaban J connectivity index is -0.00000612. The first kappa shape index (κ1) is 40.2. The van der Waals surface area contributed by atoms with Gasteiger partial charge < -0.3 is 40.1 Å². The molecule has 38 heavy (non-hydrogen) atoms. The molecule has 0 saturated heterocycles. The van der Waals surface area contributed by atoms with Crippen LogP contribution in [-0.2, 0) is 57.9 Å². The van der Waals surface area contributed by atoms with Gasteiger partial charge in [0.1, 0.15) is 0 Å². The van der Waals surface area contributed by atoms with Crippen molar-refractivity contribution in [2.75, 3.05) is 0 Å². The number of carbonyl (C=O) groups is 8. The van der Waals surface area contributed by atoms with E-state index in [9.17, 15) is 61.5 Å². The number of ether oxygens (including phenoxy) is 2. The minimum absolute atomic E-state index is 0. The normalized spacial score (nSPS) is 11.9. The fourth-order valence-corrected chi connectivity index (χ4v) is 3.25. The molecule has 0 fully saturated rings. The molecule has 0 saturated carbocycles. The maximum atomic E-state index is 12.3. The Morgan fingerprint density at radius 1 is 0.605 bits per heavy atom. The van der Waals surface area contributed by atoms with E-state index < -0.39 is 106 Å². The van der Waals surface area contributed by atoms with Crippen LogP contribution in [0.1, 0.15) is 32.1 Å². The van der Waals surface area contributed by atoms with Crippen molar-refractivity contribution < 1.29 is 91.4 Å². The summed E-state index contributed by atoms with van der Waals surface area (Å²) in [6.45, 7) is 0. The second kappa shape index (κ2) is 15.9. The molecule has 0 aliphatic carbocycles. The Bertz CT molecular complexity index is 1050. The SMILES string of the molecule is O=C(O)CC(CC(=O)O)(OC(=O)CC(C(=O)OC(CC(=O)O)(CC(=O)O)C(=O)O)S(=O)(=O)O)C(=O)O.[NaH].[NaH]. The fourth-order valence-electron chi connectivity index (χ4n) is 2.62. The summed E-state index contributed by atoms with van der Waals surface area (Å²) in [6, 6.07) is 0. The van der Waals surface area contributed by atoms with Crippen LogP contribution in [0.4, 0.5) is 0 Å². The van der Waals surface area contributed by atoms with Crippen LogP contribution in [0, 0.1) is 0 Å². The predicted octanol–water partition coefficient (Wildman–Crippen LogP) is -4.03. The summed E-state index contributed by atoms with van der Waals surface area (Å²) < 4.78 is 41.1. The summed E-state index contributed by atoms with van der Waals surface area (Å²) >= 11 is 0. The van der Waals surface area contributed by atoms with Gasteiger partial charge >= 0.3 is 107 Å². The Morgan fingerprint density at radius 2 is 0.895 bits per heavy atom. The van der Waals surface area contributed by atoms with Crippen LogP contribution in [0.5, 0.6) is 0 Å². The Labute approximate surface area is 255 Å². The molecule has 206 valence electrons. The number of carboxylic acid groups (broad SMARTS) is 6. The van der Waals surface area contributed by atoms with Gasteiger partial charge in [0.25, 0.3) is 10.1 Å². The van der Waals surface area contributed by atoms with Crippen LogP contribution in [0.3, 0.4) is 0 Å². The van der Waals surface area contributed by atoms with Gasteiger partial charge in [0.2, 0.25) is 11.2 Å². The molecule has 0 spiro atoms. The van der Waals surface area contributed by atoms with E-state index in [1.54, 1.807) is 0 Å². The average molecular weight is 594 g/mol. The third-order valence-electron chi connectivity index (χ3n) is 4.11. The van der Waals surface area contributed by atoms with Crippen LogP contribution in [0.25, 0.3) is 0 Å². The van der Waals surface area contributed by atoms with Crippen molar-refractivity contribution in [3.8, 4) is 0 Å². The van der Waals surface area contributed by atoms with Crippen LogP contribution in [-0.4, -0.2) is 167 Å². The van der Waals surface area contributed by atoms with Gasteiger partial charge in [-0.1, -0.05) is 0 Å². The maximum absolute atomic E-state index is 12.3. The van der Waals surface area contributed by atoms with Crippen LogP contribution < -0.4 is 0 Å². The van der Waals surface area contributed by atoms with E-state index in [-0.39, 0.29) is 59.1 Å². The van der Waals surface area contributed by atoms with E-state index >= 15 is 0 Å². The first-order valence-electron chi connectivity index (χ1n) is 8.92. The quantitative estimate of drug-likeness (QED) is 0.0508. The van der Waals surface area contributed by atoms with E-state index in [0.29, 0.717) is 0 Å². The molecule has 1 unspecified atom stereocenters. The molecule has 0 aliphatic heterocycles. The summed E-state index contributed by atoms with van der Waals surface area (Å²) in [4.78, 5) is 91.4. The first-order chi connectivity index (χ1) is 16.2. The van der Waals surface area contributed by atoms with Crippen molar-refractivity contribution in [2.45, 2.75) is 48.6 Å². The van der Waals surface area contributed by atoms with Gasteiger partial charge in [0.15, 0.2) is 5.25 Å². The minimum atomic E-state index is -5.78. The predicted molar refractivity (Wildman–Crippen MR) is 116 cm³/mol. The summed E-state index contributed by atoms with van der Waals surface area (Å²) in [5.74, 6) is -17.3. The van der Waals surface area contributed by atoms with Crippen LogP contribution >= 0.6 is 0 Å². The first-order valence-corrected chi connectivity index (χ1v) is 10.4. The zero-order valence-corrected chi connectivity index (χ0v) is 18.4. The van der Waals surface area contributed by atoms with E-state index in [1.807, 2.05) is 0 Å². The zero-order valence-electron chi connectivity index (χ0n) is 17.6. The number of rotatable bonds is 16. The average Bonchev–Trinajstić information content (AvgIpc) is 2.62. The van der Waals surface area contributed by atoms with Crippen LogP contribution in [0.2, 0.25) is 0 Å². The second-order valence-electron chi connectivity index (χ2n) is 6.98. The van der Waals surface area contributed by atoms with E-state index in [0.717, 1.165) is 0 Å². The molecule has 0 rings (SSSR count). The molecule has 22 heteroatoms. The third-order valence-corrected chi connectivity index (χ3v) is 5.18. The van der Waals surface area contributed by atoms with Gasteiger partial charge in [-0.3, -0.25) is 33.3 Å². The van der Waals surface area contributed by atoms with Crippen molar-refractivity contribution in [2.24, 2.45) is 0 Å². The van der Waals surface area contributed by atoms with Gasteiger partial charge in [0.05, 0.1) is 32.1 Å². The van der Waals surface area contributed by atoms with Crippen molar-refractivity contribution in [1.82, 2.24) is 0 Å². The number of aliphatic carboxylic acids is 6. The molecule has 0 aliphatic rings. The van der Waals surface area contributed by atoms with E-state index in [2.05, 4.69) is 9.47 Å². The number of carboxylic acids is 6. The molecule has 0 aromatic carbocycles. The van der Waals surface area contributed by atoms with Gasteiger partial charge in [-0.15, -0.1) is 0 Å². The molecule has 0 radical (unpaired) electrons. The van der Waals surface area contributed by atoms with Gasteiger partial charge in [-0.25, -0.2) is 9.59 Å². The topological polar surface area (TPSA) is 331 Å². The summed E-state index contributed by atoms with van der Waals surface area (Å²) in [7, 11) is -5.78. The van der Waals surface area contributed by atoms with E-state index in [4.69, 9.17) is 20.4 Å². The zero-order chi connectivity index (χ0) is 28.6. The third kappa shape index (κ3) is 12.5. The Hall–Kier alpha value is -2.33. The number of esters is 2. The fraction of sp³-hybridized carbons (Fsp3) is 0.500. The molecule has 19 nitrogen and oxygen atoms in total. The van der Waals surface area contributed by atoms with E-state index in [1.165, 1.54) is 0 Å².